The highest BCUT2D eigenvalue weighted by Crippen LogP contribution is 2.31. The second kappa shape index (κ2) is 9.43. The minimum Gasteiger partial charge on any atom is -0.496 e. The van der Waals surface area contributed by atoms with Crippen LogP contribution in [0.3, 0.4) is 0 Å². The van der Waals surface area contributed by atoms with Gasteiger partial charge in [-0.2, -0.15) is 0 Å². The molecule has 0 aliphatic carbocycles. The highest BCUT2D eigenvalue weighted by Gasteiger charge is 2.25. The Hall–Kier alpha value is -2.69. The predicted molar refractivity (Wildman–Crippen MR) is 118 cm³/mol. The molecule has 5 rings (SSSR count). The molecule has 4 heterocycles. The zero-order chi connectivity index (χ0) is 21.9. The van der Waals surface area contributed by atoms with Crippen molar-refractivity contribution in [2.24, 2.45) is 0 Å². The van der Waals surface area contributed by atoms with Crippen molar-refractivity contribution in [3.8, 4) is 17.0 Å². The lowest BCUT2D eigenvalue weighted by atomic mass is 10.0. The van der Waals surface area contributed by atoms with E-state index in [9.17, 15) is 5.11 Å². The molecule has 9 heteroatoms. The monoisotopic (exact) mass is 437 g/mol. The third-order valence-corrected chi connectivity index (χ3v) is 5.82. The van der Waals surface area contributed by atoms with E-state index in [2.05, 4.69) is 15.6 Å². The molecule has 2 fully saturated rings. The molecular formula is C23H27N5O4. The minimum atomic E-state index is -0.206. The highest BCUT2D eigenvalue weighted by atomic mass is 16.5. The number of hydrogen-bond donors (Lipinski definition) is 3. The van der Waals surface area contributed by atoms with E-state index in [0.29, 0.717) is 43.4 Å². The number of rotatable bonds is 5. The molecule has 2 aromatic heterocycles. The van der Waals surface area contributed by atoms with Crippen LogP contribution in [-0.2, 0) is 16.1 Å². The van der Waals surface area contributed by atoms with Crippen LogP contribution in [0.4, 0.5) is 0 Å². The maximum atomic E-state index is 9.69. The number of aliphatic hydroxyl groups is 1. The van der Waals surface area contributed by atoms with Gasteiger partial charge in [0.2, 0.25) is 0 Å². The summed E-state index contributed by atoms with van der Waals surface area (Å²) in [5, 5.41) is 17.3. The predicted octanol–water partition coefficient (Wildman–Crippen LogP) is 1.51. The molecule has 2 aliphatic rings. The van der Waals surface area contributed by atoms with Gasteiger partial charge in [0.05, 0.1) is 43.8 Å². The van der Waals surface area contributed by atoms with Crippen LogP contribution in [0.15, 0.2) is 30.5 Å². The standard InChI is InChI=1S/C23H27N5O4/c1-30-19-3-2-14(8-15(19)13-29)17-9-18-16(10-26-17)22(20-11-24-4-6-31-20)28-23(27-18)21-12-25-5-7-32-21/h2-3,8-10,20-21,24-25,29H,4-7,11-13H2,1H3. The number of fused-ring (bicyclic) bond motifs is 1. The Kier molecular flexibility index (Phi) is 6.24. The Bertz CT molecular complexity index is 1100. The van der Waals surface area contributed by atoms with Crippen LogP contribution in [0.5, 0.6) is 5.75 Å². The number of methoxy groups -OCH3 is 1. The van der Waals surface area contributed by atoms with Gasteiger partial charge < -0.3 is 30.0 Å². The molecule has 2 unspecified atom stereocenters. The zero-order valence-electron chi connectivity index (χ0n) is 18.0. The molecule has 32 heavy (non-hydrogen) atoms. The molecule has 168 valence electrons. The lowest BCUT2D eigenvalue weighted by Crippen LogP contribution is -2.36. The van der Waals surface area contributed by atoms with Crippen LogP contribution < -0.4 is 15.4 Å². The van der Waals surface area contributed by atoms with Gasteiger partial charge in [-0.05, 0) is 24.3 Å². The van der Waals surface area contributed by atoms with Crippen molar-refractivity contribution in [3.63, 3.8) is 0 Å². The van der Waals surface area contributed by atoms with Crippen molar-refractivity contribution >= 4 is 10.9 Å². The zero-order valence-corrected chi connectivity index (χ0v) is 18.0. The molecule has 0 bridgehead atoms. The van der Waals surface area contributed by atoms with Gasteiger partial charge in [0.15, 0.2) is 5.82 Å². The van der Waals surface area contributed by atoms with Crippen LogP contribution in [0.2, 0.25) is 0 Å². The quantitative estimate of drug-likeness (QED) is 0.547. The van der Waals surface area contributed by atoms with Crippen molar-refractivity contribution < 1.29 is 19.3 Å². The number of aliphatic hydroxyl groups excluding tert-OH is 1. The van der Waals surface area contributed by atoms with Crippen LogP contribution in [0.25, 0.3) is 22.2 Å². The minimum absolute atomic E-state index is 0.112. The van der Waals surface area contributed by atoms with Gasteiger partial charge in [-0.3, -0.25) is 4.98 Å². The molecule has 2 atom stereocenters. The average molecular weight is 438 g/mol. The van der Waals surface area contributed by atoms with E-state index in [1.165, 1.54) is 0 Å². The molecule has 3 aromatic rings. The van der Waals surface area contributed by atoms with E-state index in [4.69, 9.17) is 24.2 Å². The Morgan fingerprint density at radius 3 is 2.53 bits per heavy atom. The summed E-state index contributed by atoms with van der Waals surface area (Å²) in [7, 11) is 1.59. The van der Waals surface area contributed by atoms with Crippen molar-refractivity contribution in [1.82, 2.24) is 25.6 Å². The van der Waals surface area contributed by atoms with Crippen LogP contribution >= 0.6 is 0 Å². The van der Waals surface area contributed by atoms with Gasteiger partial charge in [0.25, 0.3) is 0 Å². The summed E-state index contributed by atoms with van der Waals surface area (Å²) >= 11 is 0. The number of nitrogens with one attached hydrogen (secondary N) is 2. The fourth-order valence-corrected chi connectivity index (χ4v) is 4.15. The first-order valence-electron chi connectivity index (χ1n) is 10.9. The van der Waals surface area contributed by atoms with E-state index in [-0.39, 0.29) is 18.8 Å². The highest BCUT2D eigenvalue weighted by molar-refractivity contribution is 5.84. The largest absolute Gasteiger partial charge is 0.496 e. The smallest absolute Gasteiger partial charge is 0.159 e. The second-order valence-electron chi connectivity index (χ2n) is 7.87. The molecule has 3 N–H and O–H groups in total. The normalized spacial score (nSPS) is 21.6. The fraction of sp³-hybridized carbons (Fsp3) is 0.435. The first-order chi connectivity index (χ1) is 15.8. The topological polar surface area (TPSA) is 111 Å². The second-order valence-corrected chi connectivity index (χ2v) is 7.87. The van der Waals surface area contributed by atoms with Crippen molar-refractivity contribution in [1.29, 1.82) is 0 Å². The molecule has 2 aliphatic heterocycles. The Balaban J connectivity index is 1.60. The first kappa shape index (κ1) is 21.2. The maximum absolute atomic E-state index is 9.69. The van der Waals surface area contributed by atoms with E-state index >= 15 is 0 Å². The summed E-state index contributed by atoms with van der Waals surface area (Å²) in [6, 6.07) is 7.61. The summed E-state index contributed by atoms with van der Waals surface area (Å²) in [6.45, 7) is 4.16. The third-order valence-electron chi connectivity index (χ3n) is 5.82. The molecule has 0 radical (unpaired) electrons. The van der Waals surface area contributed by atoms with Gasteiger partial charge in [0, 0.05) is 48.9 Å². The molecule has 0 saturated carbocycles. The summed E-state index contributed by atoms with van der Waals surface area (Å²) in [4.78, 5) is 14.4. The molecule has 9 nitrogen and oxygen atoms in total. The van der Waals surface area contributed by atoms with Crippen molar-refractivity contribution in [3.05, 3.63) is 47.5 Å². The van der Waals surface area contributed by atoms with Crippen molar-refractivity contribution in [2.45, 2.75) is 18.8 Å². The van der Waals surface area contributed by atoms with Crippen LogP contribution in [0.1, 0.15) is 29.3 Å². The van der Waals surface area contributed by atoms with E-state index in [0.717, 1.165) is 40.9 Å². The molecule has 0 spiro atoms. The number of nitrogens with zero attached hydrogens (tertiary/aromatic N) is 3. The Morgan fingerprint density at radius 1 is 1.06 bits per heavy atom. The number of morpholine rings is 2. The van der Waals surface area contributed by atoms with Gasteiger partial charge in [0.1, 0.15) is 18.0 Å². The number of benzene rings is 1. The summed E-state index contributed by atoms with van der Waals surface area (Å²) in [5.74, 6) is 1.30. The van der Waals surface area contributed by atoms with Gasteiger partial charge in [-0.25, -0.2) is 9.97 Å². The van der Waals surface area contributed by atoms with E-state index in [1.807, 2.05) is 30.5 Å². The summed E-state index contributed by atoms with van der Waals surface area (Å²) in [6.07, 6.45) is 1.44. The lowest BCUT2D eigenvalue weighted by molar-refractivity contribution is 0.0169. The van der Waals surface area contributed by atoms with Gasteiger partial charge >= 0.3 is 0 Å². The van der Waals surface area contributed by atoms with Crippen molar-refractivity contribution in [2.75, 3.05) is 46.5 Å². The maximum Gasteiger partial charge on any atom is 0.159 e. The van der Waals surface area contributed by atoms with E-state index < -0.39 is 0 Å². The van der Waals surface area contributed by atoms with Gasteiger partial charge in [-0.15, -0.1) is 0 Å². The summed E-state index contributed by atoms with van der Waals surface area (Å²) in [5.41, 5.74) is 3.97. The number of ether oxygens (including phenoxy) is 3. The van der Waals surface area contributed by atoms with E-state index in [1.54, 1.807) is 7.11 Å². The third kappa shape index (κ3) is 4.17. The van der Waals surface area contributed by atoms with Crippen LogP contribution in [-0.4, -0.2) is 66.6 Å². The molecule has 0 amide bonds. The average Bonchev–Trinajstić information content (AvgIpc) is 2.88. The fourth-order valence-electron chi connectivity index (χ4n) is 4.15. The Labute approximate surface area is 186 Å². The molecule has 2 saturated heterocycles. The number of pyridine rings is 1. The summed E-state index contributed by atoms with van der Waals surface area (Å²) < 4.78 is 17.3. The Morgan fingerprint density at radius 2 is 1.84 bits per heavy atom. The lowest BCUT2D eigenvalue weighted by Gasteiger charge is -2.26. The van der Waals surface area contributed by atoms with Gasteiger partial charge in [-0.1, -0.05) is 0 Å². The molecular weight excluding hydrogens is 410 g/mol. The number of hydrogen-bond acceptors (Lipinski definition) is 9. The first-order valence-corrected chi connectivity index (χ1v) is 10.9. The number of aromatic nitrogens is 3. The SMILES string of the molecule is COc1ccc(-c2cc3nc(C4CNCCO4)nc(C4CNCCO4)c3cn2)cc1CO. The van der Waals surface area contributed by atoms with Crippen LogP contribution in [0, 0.1) is 0 Å². The molecule has 1 aromatic carbocycles.